The first-order chi connectivity index (χ1) is 21.1. The largest absolute Gasteiger partial charge is 0.481 e. The number of aromatic amines is 1. The van der Waals surface area contributed by atoms with Crippen LogP contribution in [0.15, 0.2) is 72.8 Å². The molecule has 0 spiro atoms. The number of hydrogen-bond donors (Lipinski definition) is 4. The summed E-state index contributed by atoms with van der Waals surface area (Å²) < 4.78 is 0. The Kier molecular flexibility index (Phi) is 7.16. The van der Waals surface area contributed by atoms with Gasteiger partial charge in [0.25, 0.3) is 11.8 Å². The maximum atomic E-state index is 14.3. The second kappa shape index (κ2) is 11.0. The molecule has 2 aliphatic heterocycles. The fourth-order valence-electron chi connectivity index (χ4n) is 6.18. The van der Waals surface area contributed by atoms with Crippen molar-refractivity contribution in [2.24, 2.45) is 0 Å². The van der Waals surface area contributed by atoms with Crippen molar-refractivity contribution in [3.8, 4) is 0 Å². The van der Waals surface area contributed by atoms with Gasteiger partial charge in [-0.05, 0) is 40.8 Å². The van der Waals surface area contributed by atoms with Gasteiger partial charge in [-0.1, -0.05) is 68.4 Å². The monoisotopic (exact) mass is 594 g/mol. The molecule has 1 aromatic heterocycles. The second-order valence-electron chi connectivity index (χ2n) is 11.3. The summed E-state index contributed by atoms with van der Waals surface area (Å²) in [4.78, 5) is 70.5. The van der Waals surface area contributed by atoms with Crippen LogP contribution in [0.3, 0.4) is 0 Å². The summed E-state index contributed by atoms with van der Waals surface area (Å²) in [6.45, 7) is 4.19. The number of nitrogens with zero attached hydrogens (tertiary/aromatic N) is 2. The van der Waals surface area contributed by atoms with Crippen molar-refractivity contribution >= 4 is 46.4 Å². The molecule has 11 heteroatoms. The number of hydrogen-bond acceptors (Lipinski definition) is 5. The zero-order valence-electron chi connectivity index (χ0n) is 24.0. The number of benzene rings is 3. The van der Waals surface area contributed by atoms with Crippen LogP contribution in [-0.2, 0) is 20.8 Å². The van der Waals surface area contributed by atoms with Crippen LogP contribution >= 0.6 is 0 Å². The smallest absolute Gasteiger partial charge is 0.332 e. The molecule has 6 rings (SSSR count). The highest BCUT2D eigenvalue weighted by Gasteiger charge is 2.53. The van der Waals surface area contributed by atoms with Crippen LogP contribution in [-0.4, -0.2) is 62.0 Å². The van der Waals surface area contributed by atoms with Crippen molar-refractivity contribution in [2.45, 2.75) is 50.7 Å². The summed E-state index contributed by atoms with van der Waals surface area (Å²) in [6, 6.07) is 17.8. The molecule has 1 fully saturated rings. The first kappa shape index (κ1) is 28.7. The molecule has 3 atom stereocenters. The van der Waals surface area contributed by atoms with Crippen molar-refractivity contribution in [1.29, 1.82) is 0 Å². The van der Waals surface area contributed by atoms with E-state index in [0.717, 1.165) is 38.2 Å². The van der Waals surface area contributed by atoms with Gasteiger partial charge >= 0.3 is 18.0 Å². The fourth-order valence-corrected chi connectivity index (χ4v) is 6.18. The van der Waals surface area contributed by atoms with E-state index in [1.54, 1.807) is 11.0 Å². The lowest BCUT2D eigenvalue weighted by Gasteiger charge is -2.36. The van der Waals surface area contributed by atoms with Gasteiger partial charge in [0.1, 0.15) is 18.1 Å². The molecule has 4 amide bonds. The highest BCUT2D eigenvalue weighted by atomic mass is 16.4. The van der Waals surface area contributed by atoms with Crippen LogP contribution in [0.25, 0.3) is 10.9 Å². The van der Waals surface area contributed by atoms with E-state index in [4.69, 9.17) is 5.11 Å². The lowest BCUT2D eigenvalue weighted by Crippen LogP contribution is -2.44. The number of carboxylic acid groups (broad SMARTS) is 2. The average molecular weight is 595 g/mol. The number of anilines is 1. The number of amides is 4. The SMILES string of the molecule is CC(C)c1ccc([C@H]2c3[nH]c4ccccc4c3C[C@H]3C(=O)N(c4ccccc4C(=O)N[C@@H](CC(=O)O)C(=O)O)C(=O)N23)cc1. The summed E-state index contributed by atoms with van der Waals surface area (Å²) in [6.07, 6.45) is -0.585. The third-order valence-electron chi connectivity index (χ3n) is 8.34. The molecule has 1 saturated heterocycles. The zero-order chi connectivity index (χ0) is 31.3. The van der Waals surface area contributed by atoms with Crippen molar-refractivity contribution in [3.63, 3.8) is 0 Å². The molecule has 3 aromatic carbocycles. The molecule has 44 heavy (non-hydrogen) atoms. The summed E-state index contributed by atoms with van der Waals surface area (Å²) in [5.41, 5.74) is 4.45. The third kappa shape index (κ3) is 4.76. The van der Waals surface area contributed by atoms with Gasteiger partial charge in [0.05, 0.1) is 17.7 Å². The molecule has 0 saturated carbocycles. The van der Waals surface area contributed by atoms with Crippen LogP contribution in [0.4, 0.5) is 10.5 Å². The number of urea groups is 1. The Bertz CT molecular complexity index is 1830. The maximum Gasteiger partial charge on any atom is 0.332 e. The fraction of sp³-hybridized carbons (Fsp3) is 0.242. The highest BCUT2D eigenvalue weighted by Crippen LogP contribution is 2.45. The number of imide groups is 1. The number of fused-ring (bicyclic) bond motifs is 4. The van der Waals surface area contributed by atoms with E-state index in [9.17, 15) is 29.1 Å². The molecule has 0 unspecified atom stereocenters. The second-order valence-corrected chi connectivity index (χ2v) is 11.3. The summed E-state index contributed by atoms with van der Waals surface area (Å²) >= 11 is 0. The van der Waals surface area contributed by atoms with E-state index >= 15 is 0 Å². The van der Waals surface area contributed by atoms with E-state index in [1.165, 1.54) is 18.2 Å². The number of aliphatic carboxylic acids is 2. The number of rotatable bonds is 8. The molecule has 224 valence electrons. The molecule has 4 aromatic rings. The zero-order valence-corrected chi connectivity index (χ0v) is 24.0. The lowest BCUT2D eigenvalue weighted by molar-refractivity contribution is -0.145. The lowest BCUT2D eigenvalue weighted by atomic mass is 9.88. The van der Waals surface area contributed by atoms with E-state index in [0.29, 0.717) is 5.92 Å². The van der Waals surface area contributed by atoms with Gasteiger partial charge in [-0.3, -0.25) is 19.3 Å². The minimum atomic E-state index is -1.71. The number of aromatic nitrogens is 1. The Hall–Kier alpha value is -5.45. The van der Waals surface area contributed by atoms with Gasteiger partial charge in [-0.2, -0.15) is 0 Å². The first-order valence-corrected chi connectivity index (χ1v) is 14.3. The van der Waals surface area contributed by atoms with Crippen LogP contribution in [0.2, 0.25) is 0 Å². The molecule has 3 heterocycles. The standard InChI is InChI=1S/C33H30N4O7/c1-17(2)18-11-13-19(14-12-18)29-28-22(20-7-3-5-9-23(20)34-28)15-26-31(41)37(33(44)36(26)29)25-10-6-4-8-21(25)30(40)35-24(32(42)43)16-27(38)39/h3-14,17,24,26,29,34H,15-16H2,1-2H3,(H,35,40)(H,38,39)(H,42,43)/t24-,26-,29-/m0/s1. The van der Waals surface area contributed by atoms with Gasteiger partial charge in [-0.15, -0.1) is 0 Å². The maximum absolute atomic E-state index is 14.3. The van der Waals surface area contributed by atoms with Gasteiger partial charge in [0.15, 0.2) is 0 Å². The molecule has 11 nitrogen and oxygen atoms in total. The topological polar surface area (TPSA) is 160 Å². The van der Waals surface area contributed by atoms with Crippen LogP contribution in [0.1, 0.15) is 65.0 Å². The number of carbonyl (C=O) groups is 5. The van der Waals surface area contributed by atoms with Crippen LogP contribution < -0.4 is 10.2 Å². The molecular formula is C33H30N4O7. The number of carbonyl (C=O) groups excluding carboxylic acids is 3. The van der Waals surface area contributed by atoms with E-state index < -0.39 is 54.3 Å². The molecule has 0 bridgehead atoms. The van der Waals surface area contributed by atoms with Gasteiger partial charge < -0.3 is 20.5 Å². The first-order valence-electron chi connectivity index (χ1n) is 14.3. The molecule has 0 radical (unpaired) electrons. The number of para-hydroxylation sites is 2. The van der Waals surface area contributed by atoms with E-state index in [-0.39, 0.29) is 17.7 Å². The van der Waals surface area contributed by atoms with Gasteiger partial charge in [-0.25, -0.2) is 14.5 Å². The Morgan fingerprint density at radius 2 is 1.64 bits per heavy atom. The Balaban J connectivity index is 1.43. The van der Waals surface area contributed by atoms with Crippen molar-refractivity contribution in [2.75, 3.05) is 4.90 Å². The van der Waals surface area contributed by atoms with E-state index in [1.807, 2.05) is 48.5 Å². The summed E-state index contributed by atoms with van der Waals surface area (Å²) in [5, 5.41) is 21.7. The predicted molar refractivity (Wildman–Crippen MR) is 160 cm³/mol. The molecule has 2 aliphatic rings. The minimum absolute atomic E-state index is 0.0173. The Morgan fingerprint density at radius 3 is 2.32 bits per heavy atom. The predicted octanol–water partition coefficient (Wildman–Crippen LogP) is 4.43. The van der Waals surface area contributed by atoms with Gasteiger partial charge in [0.2, 0.25) is 0 Å². The van der Waals surface area contributed by atoms with Crippen LogP contribution in [0, 0.1) is 0 Å². The molecule has 0 aliphatic carbocycles. The van der Waals surface area contributed by atoms with Crippen molar-refractivity contribution < 1.29 is 34.2 Å². The van der Waals surface area contributed by atoms with Crippen molar-refractivity contribution in [1.82, 2.24) is 15.2 Å². The average Bonchev–Trinajstić information content (AvgIpc) is 3.49. The normalized spacial score (nSPS) is 18.3. The van der Waals surface area contributed by atoms with Gasteiger partial charge in [0, 0.05) is 23.0 Å². The molecule has 4 N–H and O–H groups in total. The van der Waals surface area contributed by atoms with Crippen molar-refractivity contribution in [3.05, 3.63) is 101 Å². The van der Waals surface area contributed by atoms with E-state index in [2.05, 4.69) is 24.1 Å². The molecular weight excluding hydrogens is 564 g/mol. The Labute approximate surface area is 252 Å². The number of nitrogens with one attached hydrogen (secondary N) is 2. The minimum Gasteiger partial charge on any atom is -0.481 e. The quantitative estimate of drug-likeness (QED) is 0.220. The Morgan fingerprint density at radius 1 is 0.955 bits per heavy atom. The number of H-pyrrole nitrogens is 1. The summed E-state index contributed by atoms with van der Waals surface area (Å²) in [7, 11) is 0. The summed E-state index contributed by atoms with van der Waals surface area (Å²) in [5.74, 6) is -4.07. The third-order valence-corrected chi connectivity index (χ3v) is 8.34. The highest BCUT2D eigenvalue weighted by molar-refractivity contribution is 6.24. The van der Waals surface area contributed by atoms with Crippen LogP contribution in [0.5, 0.6) is 0 Å². The number of carboxylic acids is 2.